The summed E-state index contributed by atoms with van der Waals surface area (Å²) in [6.45, 7) is 1.02. The molecule has 0 aromatic rings. The minimum Gasteiger partial charge on any atom is -0.448 e. The van der Waals surface area contributed by atoms with Crippen LogP contribution in [0.3, 0.4) is 0 Å². The van der Waals surface area contributed by atoms with E-state index in [-0.39, 0.29) is 13.3 Å². The maximum absolute atomic E-state index is 11.5. The Balaban J connectivity index is 2.85. The molecule has 0 saturated carbocycles. The van der Waals surface area contributed by atoms with E-state index < -0.39 is 6.09 Å². The van der Waals surface area contributed by atoms with Gasteiger partial charge in [0, 0.05) is 6.54 Å². The number of nitrogens with two attached hydrogens (primary N) is 1. The fourth-order valence-corrected chi connectivity index (χ4v) is 0.541. The van der Waals surface area contributed by atoms with Crippen LogP contribution in [0, 0.1) is 0 Å². The molecule has 66 valence electrons. The summed E-state index contributed by atoms with van der Waals surface area (Å²) >= 11 is 0. The van der Waals surface area contributed by atoms with Gasteiger partial charge in [-0.2, -0.15) is 0 Å². The van der Waals surface area contributed by atoms with Crippen molar-refractivity contribution in [2.75, 3.05) is 26.4 Å². The molecule has 0 bridgehead atoms. The molecular formula is C6H13FN2O2. The molecule has 0 unspecified atom stereocenters. The van der Waals surface area contributed by atoms with Crippen molar-refractivity contribution in [2.45, 2.75) is 6.42 Å². The highest BCUT2D eigenvalue weighted by molar-refractivity contribution is 5.64. The molecule has 0 spiro atoms. The number of halogens is 1. The SMILES string of the molecule is NC(=O)OCCNCCCF. The molecule has 0 heterocycles. The van der Waals surface area contributed by atoms with Crippen LogP contribution in [-0.4, -0.2) is 32.5 Å². The molecule has 0 fully saturated rings. The predicted molar refractivity (Wildman–Crippen MR) is 39.0 cm³/mol. The van der Waals surface area contributed by atoms with Crippen molar-refractivity contribution in [3.63, 3.8) is 0 Å². The van der Waals surface area contributed by atoms with E-state index in [2.05, 4.69) is 15.8 Å². The van der Waals surface area contributed by atoms with E-state index in [9.17, 15) is 9.18 Å². The quantitative estimate of drug-likeness (QED) is 0.544. The molecule has 0 atom stereocenters. The van der Waals surface area contributed by atoms with Gasteiger partial charge < -0.3 is 15.8 Å². The van der Waals surface area contributed by atoms with E-state index >= 15 is 0 Å². The maximum atomic E-state index is 11.5. The van der Waals surface area contributed by atoms with Crippen molar-refractivity contribution >= 4 is 6.09 Å². The Morgan fingerprint density at radius 3 is 2.82 bits per heavy atom. The lowest BCUT2D eigenvalue weighted by Gasteiger charge is -2.02. The normalized spacial score (nSPS) is 9.55. The number of ether oxygens (including phenoxy) is 1. The summed E-state index contributed by atoms with van der Waals surface area (Å²) in [5.74, 6) is 0. The Labute approximate surface area is 64.9 Å². The molecule has 0 aliphatic carbocycles. The second-order valence-corrected chi connectivity index (χ2v) is 1.96. The number of hydrogen-bond acceptors (Lipinski definition) is 3. The summed E-state index contributed by atoms with van der Waals surface area (Å²) in [7, 11) is 0. The zero-order valence-corrected chi connectivity index (χ0v) is 6.31. The molecule has 0 rings (SSSR count). The molecule has 0 aliphatic heterocycles. The maximum Gasteiger partial charge on any atom is 0.404 e. The second kappa shape index (κ2) is 7.27. The molecule has 0 aliphatic rings. The fraction of sp³-hybridized carbons (Fsp3) is 0.833. The van der Waals surface area contributed by atoms with Gasteiger partial charge in [-0.1, -0.05) is 0 Å². The van der Waals surface area contributed by atoms with Crippen molar-refractivity contribution in [1.29, 1.82) is 0 Å². The van der Waals surface area contributed by atoms with Gasteiger partial charge in [-0.3, -0.25) is 4.39 Å². The molecule has 5 heteroatoms. The summed E-state index contributed by atoms with van der Waals surface area (Å²) in [5, 5.41) is 2.87. The van der Waals surface area contributed by atoms with Gasteiger partial charge in [0.05, 0.1) is 6.67 Å². The predicted octanol–water partition coefficient (Wildman–Crippen LogP) is 0.0309. The monoisotopic (exact) mass is 164 g/mol. The van der Waals surface area contributed by atoms with Crippen LogP contribution in [0.25, 0.3) is 0 Å². The van der Waals surface area contributed by atoms with Gasteiger partial charge in [0.25, 0.3) is 0 Å². The molecular weight excluding hydrogens is 151 g/mol. The Bertz CT molecular complexity index is 111. The summed E-state index contributed by atoms with van der Waals surface area (Å²) in [6.07, 6.45) is -0.298. The first kappa shape index (κ1) is 10.2. The van der Waals surface area contributed by atoms with Crippen molar-refractivity contribution in [3.8, 4) is 0 Å². The highest BCUT2D eigenvalue weighted by Crippen LogP contribution is 1.76. The first-order valence-corrected chi connectivity index (χ1v) is 3.46. The number of carbonyl (C=O) groups is 1. The fourth-order valence-electron chi connectivity index (χ4n) is 0.541. The van der Waals surface area contributed by atoms with Crippen LogP contribution in [0.4, 0.5) is 9.18 Å². The third-order valence-electron chi connectivity index (χ3n) is 1.01. The minimum atomic E-state index is -0.780. The highest BCUT2D eigenvalue weighted by Gasteiger charge is 1.91. The summed E-state index contributed by atoms with van der Waals surface area (Å²) in [4.78, 5) is 10.0. The average Bonchev–Trinajstić information content (AvgIpc) is 1.96. The van der Waals surface area contributed by atoms with Crippen LogP contribution < -0.4 is 11.1 Å². The lowest BCUT2D eigenvalue weighted by atomic mass is 10.4. The number of amides is 1. The Morgan fingerprint density at radius 2 is 2.27 bits per heavy atom. The number of alkyl halides is 1. The molecule has 3 N–H and O–H groups in total. The summed E-state index contributed by atoms with van der Waals surface area (Å²) in [6, 6.07) is 0. The van der Waals surface area contributed by atoms with Crippen molar-refractivity contribution in [2.24, 2.45) is 5.73 Å². The van der Waals surface area contributed by atoms with Crippen molar-refractivity contribution < 1.29 is 13.9 Å². The third-order valence-corrected chi connectivity index (χ3v) is 1.01. The Hall–Kier alpha value is -0.840. The largest absolute Gasteiger partial charge is 0.448 e. The van der Waals surface area contributed by atoms with Gasteiger partial charge in [-0.15, -0.1) is 0 Å². The highest BCUT2D eigenvalue weighted by atomic mass is 19.1. The molecule has 1 amide bonds. The van der Waals surface area contributed by atoms with Crippen molar-refractivity contribution in [3.05, 3.63) is 0 Å². The van der Waals surface area contributed by atoms with Crippen LogP contribution >= 0.6 is 0 Å². The minimum absolute atomic E-state index is 0.238. The Kier molecular flexibility index (Phi) is 6.71. The molecule has 4 nitrogen and oxygen atoms in total. The molecule has 11 heavy (non-hydrogen) atoms. The number of nitrogens with one attached hydrogen (secondary N) is 1. The summed E-state index contributed by atoms with van der Waals surface area (Å²) < 4.78 is 15.9. The number of hydrogen-bond donors (Lipinski definition) is 2. The summed E-state index contributed by atoms with van der Waals surface area (Å²) in [5.41, 5.74) is 4.68. The van der Waals surface area contributed by atoms with E-state index in [1.165, 1.54) is 0 Å². The smallest absolute Gasteiger partial charge is 0.404 e. The lowest BCUT2D eigenvalue weighted by Crippen LogP contribution is -2.24. The topological polar surface area (TPSA) is 64.4 Å². The van der Waals surface area contributed by atoms with Gasteiger partial charge in [0.1, 0.15) is 6.61 Å². The number of primary amides is 1. The van der Waals surface area contributed by atoms with Gasteiger partial charge in [-0.25, -0.2) is 4.79 Å². The molecule has 0 radical (unpaired) electrons. The number of carbonyl (C=O) groups excluding carboxylic acids is 1. The zero-order valence-electron chi connectivity index (χ0n) is 6.31. The van der Waals surface area contributed by atoms with Crippen LogP contribution in [0.5, 0.6) is 0 Å². The molecule has 0 saturated heterocycles. The van der Waals surface area contributed by atoms with Gasteiger partial charge in [-0.05, 0) is 13.0 Å². The average molecular weight is 164 g/mol. The van der Waals surface area contributed by atoms with Crippen molar-refractivity contribution in [1.82, 2.24) is 5.32 Å². The van der Waals surface area contributed by atoms with E-state index in [1.807, 2.05) is 0 Å². The van der Waals surface area contributed by atoms with Gasteiger partial charge >= 0.3 is 6.09 Å². The van der Waals surface area contributed by atoms with E-state index in [0.717, 1.165) is 0 Å². The molecule has 0 aromatic carbocycles. The third kappa shape index (κ3) is 9.16. The first-order valence-electron chi connectivity index (χ1n) is 3.46. The van der Waals surface area contributed by atoms with Crippen LogP contribution in [0.1, 0.15) is 6.42 Å². The zero-order chi connectivity index (χ0) is 8.53. The van der Waals surface area contributed by atoms with E-state index in [0.29, 0.717) is 19.5 Å². The van der Waals surface area contributed by atoms with Crippen LogP contribution in [-0.2, 0) is 4.74 Å². The van der Waals surface area contributed by atoms with E-state index in [4.69, 9.17) is 0 Å². The number of rotatable bonds is 6. The van der Waals surface area contributed by atoms with E-state index in [1.54, 1.807) is 0 Å². The van der Waals surface area contributed by atoms with Gasteiger partial charge in [0.15, 0.2) is 0 Å². The first-order chi connectivity index (χ1) is 5.27. The molecule has 0 aromatic heterocycles. The van der Waals surface area contributed by atoms with Crippen LogP contribution in [0.2, 0.25) is 0 Å². The second-order valence-electron chi connectivity index (χ2n) is 1.96. The lowest BCUT2D eigenvalue weighted by molar-refractivity contribution is 0.157. The Morgan fingerprint density at radius 1 is 1.55 bits per heavy atom. The standard InChI is InChI=1S/C6H13FN2O2/c7-2-1-3-9-4-5-11-6(8)10/h9H,1-5H2,(H2,8,10). The van der Waals surface area contributed by atoms with Crippen LogP contribution in [0.15, 0.2) is 0 Å². The van der Waals surface area contributed by atoms with Gasteiger partial charge in [0.2, 0.25) is 0 Å².